The fourth-order valence-corrected chi connectivity index (χ4v) is 3.04. The van der Waals surface area contributed by atoms with Gasteiger partial charge in [0.25, 0.3) is 0 Å². The van der Waals surface area contributed by atoms with Crippen LogP contribution in [0.5, 0.6) is 0 Å². The number of carbonyl (C=O) groups is 2. The molecule has 0 spiro atoms. The van der Waals surface area contributed by atoms with Gasteiger partial charge in [-0.3, -0.25) is 9.59 Å². The molecule has 0 atom stereocenters. The predicted molar refractivity (Wildman–Crippen MR) is 81.3 cm³/mol. The Morgan fingerprint density at radius 1 is 1.35 bits per heavy atom. The topological polar surface area (TPSA) is 66.4 Å². The van der Waals surface area contributed by atoms with Crippen LogP contribution in [0.2, 0.25) is 4.34 Å². The van der Waals surface area contributed by atoms with Gasteiger partial charge in [0, 0.05) is 17.8 Å². The number of hydrogen-bond acceptors (Lipinski definition) is 3. The molecule has 4 nitrogen and oxygen atoms in total. The molecule has 0 aromatic carbocycles. The van der Waals surface area contributed by atoms with Gasteiger partial charge in [-0.05, 0) is 31.4 Å². The number of thiophene rings is 1. The molecule has 0 aliphatic heterocycles. The Kier molecular flexibility index (Phi) is 6.49. The first-order chi connectivity index (χ1) is 9.43. The van der Waals surface area contributed by atoms with E-state index in [1.165, 1.54) is 11.3 Å². The molecule has 20 heavy (non-hydrogen) atoms. The van der Waals surface area contributed by atoms with E-state index in [-0.39, 0.29) is 12.5 Å². The second kappa shape index (κ2) is 7.64. The zero-order valence-corrected chi connectivity index (χ0v) is 13.3. The summed E-state index contributed by atoms with van der Waals surface area (Å²) in [5, 5.41) is 12.0. The fraction of sp³-hybridized carbons (Fsp3) is 0.571. The van der Waals surface area contributed by atoms with Crippen molar-refractivity contribution in [1.82, 2.24) is 5.32 Å². The van der Waals surface area contributed by atoms with E-state index >= 15 is 0 Å². The quantitative estimate of drug-likeness (QED) is 0.772. The molecule has 2 N–H and O–H groups in total. The number of aliphatic carboxylic acids is 1. The molecular formula is C14H20ClNO3S. The van der Waals surface area contributed by atoms with Crippen molar-refractivity contribution in [2.45, 2.75) is 39.5 Å². The largest absolute Gasteiger partial charge is 0.481 e. The summed E-state index contributed by atoms with van der Waals surface area (Å²) < 4.78 is 0.710. The standard InChI is InChI=1S/C14H20ClNO3S/c1-3-14(4-2,13(18)19)9-16-12(17)8-6-10-5-7-11(15)20-10/h5,7H,3-4,6,8-9H2,1-2H3,(H,16,17)(H,18,19). The van der Waals surface area contributed by atoms with E-state index in [1.54, 1.807) is 0 Å². The second-order valence-electron chi connectivity index (χ2n) is 4.78. The molecule has 0 bridgehead atoms. The van der Waals surface area contributed by atoms with Gasteiger partial charge in [0.15, 0.2) is 0 Å². The van der Waals surface area contributed by atoms with Crippen molar-refractivity contribution in [1.29, 1.82) is 0 Å². The van der Waals surface area contributed by atoms with Crippen molar-refractivity contribution in [2.75, 3.05) is 6.54 Å². The molecule has 1 amide bonds. The van der Waals surface area contributed by atoms with E-state index in [2.05, 4.69) is 5.32 Å². The Bertz CT molecular complexity index is 469. The number of rotatable bonds is 8. The summed E-state index contributed by atoms with van der Waals surface area (Å²) in [4.78, 5) is 24.2. The second-order valence-corrected chi connectivity index (χ2v) is 6.57. The van der Waals surface area contributed by atoms with Crippen LogP contribution in [0.15, 0.2) is 12.1 Å². The summed E-state index contributed by atoms with van der Waals surface area (Å²) in [6, 6.07) is 3.71. The first kappa shape index (κ1) is 17.0. The normalized spacial score (nSPS) is 11.3. The number of hydrogen-bond donors (Lipinski definition) is 2. The van der Waals surface area contributed by atoms with Crippen LogP contribution in [-0.4, -0.2) is 23.5 Å². The zero-order chi connectivity index (χ0) is 15.2. The SMILES string of the molecule is CCC(CC)(CNC(=O)CCc1ccc(Cl)s1)C(=O)O. The predicted octanol–water partition coefficient (Wildman–Crippen LogP) is 3.34. The van der Waals surface area contributed by atoms with E-state index in [0.717, 1.165) is 4.88 Å². The molecule has 1 rings (SSSR count). The lowest BCUT2D eigenvalue weighted by molar-refractivity contribution is -0.149. The summed E-state index contributed by atoms with van der Waals surface area (Å²) in [5.74, 6) is -0.977. The number of carboxylic acid groups (broad SMARTS) is 1. The monoisotopic (exact) mass is 317 g/mol. The highest BCUT2D eigenvalue weighted by Gasteiger charge is 2.34. The molecule has 1 heterocycles. The van der Waals surface area contributed by atoms with Gasteiger partial charge in [-0.15, -0.1) is 11.3 Å². The van der Waals surface area contributed by atoms with Gasteiger partial charge >= 0.3 is 5.97 Å². The number of carboxylic acids is 1. The molecule has 112 valence electrons. The number of carbonyl (C=O) groups excluding carboxylic acids is 1. The summed E-state index contributed by atoms with van der Waals surface area (Å²) in [5.41, 5.74) is -0.859. The summed E-state index contributed by atoms with van der Waals surface area (Å²) >= 11 is 7.28. The summed E-state index contributed by atoms with van der Waals surface area (Å²) in [7, 11) is 0. The van der Waals surface area contributed by atoms with Crippen LogP contribution in [-0.2, 0) is 16.0 Å². The summed E-state index contributed by atoms with van der Waals surface area (Å²) in [6.45, 7) is 3.84. The molecule has 0 aliphatic rings. The van der Waals surface area contributed by atoms with Crippen LogP contribution < -0.4 is 5.32 Å². The molecular weight excluding hydrogens is 298 g/mol. The lowest BCUT2D eigenvalue weighted by Gasteiger charge is -2.26. The maximum absolute atomic E-state index is 11.8. The van der Waals surface area contributed by atoms with Gasteiger partial charge in [0.2, 0.25) is 5.91 Å². The lowest BCUT2D eigenvalue weighted by Crippen LogP contribution is -2.42. The zero-order valence-electron chi connectivity index (χ0n) is 11.7. The Labute approximate surface area is 128 Å². The lowest BCUT2D eigenvalue weighted by atomic mass is 9.82. The number of nitrogens with one attached hydrogen (secondary N) is 1. The number of halogens is 1. The van der Waals surface area contributed by atoms with E-state index < -0.39 is 11.4 Å². The van der Waals surface area contributed by atoms with E-state index in [1.807, 2.05) is 26.0 Å². The van der Waals surface area contributed by atoms with Crippen LogP contribution in [0.4, 0.5) is 0 Å². The van der Waals surface area contributed by atoms with Crippen LogP contribution in [0.3, 0.4) is 0 Å². The van der Waals surface area contributed by atoms with Crippen molar-refractivity contribution in [3.63, 3.8) is 0 Å². The smallest absolute Gasteiger partial charge is 0.311 e. The molecule has 1 aromatic heterocycles. The first-order valence-electron chi connectivity index (χ1n) is 6.68. The Morgan fingerprint density at radius 3 is 2.45 bits per heavy atom. The third-order valence-corrected chi connectivity index (χ3v) is 4.95. The van der Waals surface area contributed by atoms with Gasteiger partial charge < -0.3 is 10.4 Å². The van der Waals surface area contributed by atoms with E-state index in [9.17, 15) is 14.7 Å². The van der Waals surface area contributed by atoms with Gasteiger partial charge in [0.05, 0.1) is 9.75 Å². The highest BCUT2D eigenvalue weighted by Crippen LogP contribution is 2.26. The minimum absolute atomic E-state index is 0.123. The van der Waals surface area contributed by atoms with Crippen molar-refractivity contribution in [3.05, 3.63) is 21.3 Å². The Hall–Kier alpha value is -1.07. The van der Waals surface area contributed by atoms with Gasteiger partial charge in [-0.2, -0.15) is 0 Å². The third-order valence-electron chi connectivity index (χ3n) is 3.66. The maximum Gasteiger partial charge on any atom is 0.311 e. The van der Waals surface area contributed by atoms with Crippen LogP contribution in [0.25, 0.3) is 0 Å². The third kappa shape index (κ3) is 4.49. The molecule has 0 aliphatic carbocycles. The number of aryl methyl sites for hydroxylation is 1. The average molecular weight is 318 g/mol. The van der Waals surface area contributed by atoms with Gasteiger partial charge in [-0.1, -0.05) is 25.4 Å². The van der Waals surface area contributed by atoms with Crippen LogP contribution >= 0.6 is 22.9 Å². The molecule has 0 unspecified atom stereocenters. The molecule has 1 aromatic rings. The molecule has 0 saturated heterocycles. The highest BCUT2D eigenvalue weighted by molar-refractivity contribution is 7.16. The van der Waals surface area contributed by atoms with Gasteiger partial charge in [-0.25, -0.2) is 0 Å². The van der Waals surface area contributed by atoms with Crippen molar-refractivity contribution in [3.8, 4) is 0 Å². The molecule has 0 radical (unpaired) electrons. The van der Waals surface area contributed by atoms with E-state index in [0.29, 0.717) is 30.0 Å². The molecule has 6 heteroatoms. The first-order valence-corrected chi connectivity index (χ1v) is 7.87. The van der Waals surface area contributed by atoms with Crippen LogP contribution in [0.1, 0.15) is 38.0 Å². The molecule has 0 saturated carbocycles. The minimum Gasteiger partial charge on any atom is -0.481 e. The van der Waals surface area contributed by atoms with Crippen molar-refractivity contribution >= 4 is 34.8 Å². The minimum atomic E-state index is -0.859. The number of amides is 1. The average Bonchev–Trinajstić information content (AvgIpc) is 2.83. The fourth-order valence-electron chi connectivity index (χ4n) is 1.96. The Balaban J connectivity index is 2.44. The maximum atomic E-state index is 11.8. The Morgan fingerprint density at radius 2 is 2.00 bits per heavy atom. The van der Waals surface area contributed by atoms with Crippen molar-refractivity contribution in [2.24, 2.45) is 5.41 Å². The van der Waals surface area contributed by atoms with Crippen molar-refractivity contribution < 1.29 is 14.7 Å². The highest BCUT2D eigenvalue weighted by atomic mass is 35.5. The molecule has 0 fully saturated rings. The van der Waals surface area contributed by atoms with Gasteiger partial charge in [0.1, 0.15) is 0 Å². The van der Waals surface area contributed by atoms with Crippen LogP contribution in [0, 0.1) is 5.41 Å². The van der Waals surface area contributed by atoms with E-state index in [4.69, 9.17) is 11.6 Å². The summed E-state index contributed by atoms with van der Waals surface area (Å²) in [6.07, 6.45) is 1.97.